The first-order valence-corrected chi connectivity index (χ1v) is 17.4. The largest absolute Gasteiger partial charge is 0.487 e. The van der Waals surface area contributed by atoms with Crippen molar-refractivity contribution in [3.05, 3.63) is 76.7 Å². The van der Waals surface area contributed by atoms with Crippen LogP contribution in [0.5, 0.6) is 5.75 Å². The molecular formula is C32H34FN5O3S2. The SMILES string of the molecule is CCc1nc(-c2ccc3c(c2)CC=C3)c(-c2ccnc(Nc3ccc(OC4CCN(CCS(C)(=O)=O)CC4)c(F)c3)n2)s1. The lowest BCUT2D eigenvalue weighted by Gasteiger charge is -2.32. The highest BCUT2D eigenvalue weighted by Gasteiger charge is 2.23. The van der Waals surface area contributed by atoms with Crippen molar-refractivity contribution in [2.24, 2.45) is 0 Å². The molecule has 0 saturated carbocycles. The van der Waals surface area contributed by atoms with Gasteiger partial charge in [0.15, 0.2) is 11.6 Å². The Labute approximate surface area is 255 Å². The molecule has 0 bridgehead atoms. The molecule has 1 aliphatic heterocycles. The zero-order chi connectivity index (χ0) is 30.0. The van der Waals surface area contributed by atoms with E-state index < -0.39 is 15.7 Å². The van der Waals surface area contributed by atoms with Gasteiger partial charge in [-0.3, -0.25) is 0 Å². The van der Waals surface area contributed by atoms with Gasteiger partial charge in [-0.15, -0.1) is 11.3 Å². The van der Waals surface area contributed by atoms with Crippen molar-refractivity contribution in [2.45, 2.75) is 38.7 Å². The van der Waals surface area contributed by atoms with Crippen molar-refractivity contribution < 1.29 is 17.5 Å². The van der Waals surface area contributed by atoms with E-state index >= 15 is 4.39 Å². The summed E-state index contributed by atoms with van der Waals surface area (Å²) in [6, 6.07) is 13.1. The van der Waals surface area contributed by atoms with Gasteiger partial charge in [0.2, 0.25) is 5.95 Å². The second-order valence-corrected chi connectivity index (χ2v) is 14.3. The third-order valence-electron chi connectivity index (χ3n) is 7.71. The predicted molar refractivity (Wildman–Crippen MR) is 170 cm³/mol. The minimum Gasteiger partial charge on any atom is -0.487 e. The van der Waals surface area contributed by atoms with Crippen molar-refractivity contribution in [1.82, 2.24) is 19.9 Å². The van der Waals surface area contributed by atoms with Crippen LogP contribution in [0.1, 0.15) is 35.9 Å². The normalized spacial score (nSPS) is 15.5. The molecule has 224 valence electrons. The van der Waals surface area contributed by atoms with E-state index in [1.165, 1.54) is 23.4 Å². The Hall–Kier alpha value is -3.67. The summed E-state index contributed by atoms with van der Waals surface area (Å²) in [6.45, 7) is 4.05. The number of halogens is 1. The van der Waals surface area contributed by atoms with Crippen molar-refractivity contribution in [2.75, 3.05) is 37.0 Å². The molecule has 0 spiro atoms. The van der Waals surface area contributed by atoms with Gasteiger partial charge in [0.05, 0.1) is 27.0 Å². The van der Waals surface area contributed by atoms with E-state index in [0.29, 0.717) is 31.0 Å². The first-order chi connectivity index (χ1) is 20.7. The number of thiazole rings is 1. The fourth-order valence-electron chi connectivity index (χ4n) is 5.36. The van der Waals surface area contributed by atoms with E-state index in [1.54, 1.807) is 29.7 Å². The molecule has 1 fully saturated rings. The summed E-state index contributed by atoms with van der Waals surface area (Å²) in [5.74, 6) is 0.235. The summed E-state index contributed by atoms with van der Waals surface area (Å²) in [5.41, 5.74) is 5.80. The van der Waals surface area contributed by atoms with E-state index in [1.807, 2.05) is 6.07 Å². The van der Waals surface area contributed by atoms with Gasteiger partial charge >= 0.3 is 0 Å². The van der Waals surface area contributed by atoms with E-state index in [9.17, 15) is 8.42 Å². The van der Waals surface area contributed by atoms with Gasteiger partial charge in [-0.05, 0) is 61.1 Å². The lowest BCUT2D eigenvalue weighted by atomic mass is 10.0. The maximum atomic E-state index is 15.1. The minimum absolute atomic E-state index is 0.119. The van der Waals surface area contributed by atoms with Gasteiger partial charge in [0.1, 0.15) is 15.9 Å². The number of anilines is 2. The number of fused-ring (bicyclic) bond motifs is 1. The highest BCUT2D eigenvalue weighted by molar-refractivity contribution is 7.90. The maximum Gasteiger partial charge on any atom is 0.227 e. The number of likely N-dealkylation sites (tertiary alicyclic amines) is 1. The summed E-state index contributed by atoms with van der Waals surface area (Å²) in [7, 11) is -2.99. The van der Waals surface area contributed by atoms with E-state index in [-0.39, 0.29) is 17.6 Å². The number of nitrogens with one attached hydrogen (secondary N) is 1. The van der Waals surface area contributed by atoms with Gasteiger partial charge < -0.3 is 15.0 Å². The molecule has 0 amide bonds. The zero-order valence-electron chi connectivity index (χ0n) is 24.2. The Morgan fingerprint density at radius 2 is 1.95 bits per heavy atom. The lowest BCUT2D eigenvalue weighted by molar-refractivity contribution is 0.100. The number of piperidine rings is 1. The van der Waals surface area contributed by atoms with Crippen molar-refractivity contribution in [3.8, 4) is 27.6 Å². The molecule has 4 aromatic rings. The predicted octanol–water partition coefficient (Wildman–Crippen LogP) is 6.17. The highest BCUT2D eigenvalue weighted by atomic mass is 32.2. The Morgan fingerprint density at radius 1 is 1.12 bits per heavy atom. The van der Waals surface area contributed by atoms with Crippen molar-refractivity contribution in [1.29, 1.82) is 0 Å². The Bertz CT molecular complexity index is 1760. The van der Waals surface area contributed by atoms with Crippen LogP contribution in [0.2, 0.25) is 0 Å². The number of aryl methyl sites for hydroxylation is 1. The highest BCUT2D eigenvalue weighted by Crippen LogP contribution is 2.38. The molecule has 3 heterocycles. The van der Waals surface area contributed by atoms with Crippen LogP contribution in [0.25, 0.3) is 27.9 Å². The molecular weight excluding hydrogens is 586 g/mol. The molecule has 0 unspecified atom stereocenters. The molecule has 2 aliphatic rings. The number of hydrogen-bond acceptors (Lipinski definition) is 9. The summed E-state index contributed by atoms with van der Waals surface area (Å²) >= 11 is 1.63. The average Bonchev–Trinajstić information content (AvgIpc) is 3.65. The second kappa shape index (κ2) is 12.5. The summed E-state index contributed by atoms with van der Waals surface area (Å²) < 4.78 is 43.9. The lowest BCUT2D eigenvalue weighted by Crippen LogP contribution is -2.40. The minimum atomic E-state index is -2.99. The number of rotatable bonds is 10. The van der Waals surface area contributed by atoms with Crippen LogP contribution in [-0.4, -0.2) is 66.0 Å². The van der Waals surface area contributed by atoms with Crippen LogP contribution in [0.15, 0.2) is 54.7 Å². The average molecular weight is 620 g/mol. The maximum absolute atomic E-state index is 15.1. The smallest absolute Gasteiger partial charge is 0.227 e. The van der Waals surface area contributed by atoms with Crippen LogP contribution in [0, 0.1) is 5.82 Å². The topological polar surface area (TPSA) is 97.3 Å². The standard InChI is InChI=1S/C32H34FN5O3S2/c1-3-29-37-30(23-8-7-21-5-4-6-22(21)19-23)31(42-29)27-11-14-34-32(36-27)35-24-9-10-28(26(33)20-24)41-25-12-15-38(16-13-25)17-18-43(2,39)40/h4-5,7-11,14,19-20,25H,3,6,12-13,15-18H2,1-2H3,(H,34,35,36). The number of hydrogen-bond donors (Lipinski definition) is 1. The van der Waals surface area contributed by atoms with E-state index in [4.69, 9.17) is 14.7 Å². The van der Waals surface area contributed by atoms with Crippen LogP contribution < -0.4 is 10.1 Å². The summed E-state index contributed by atoms with van der Waals surface area (Å²) in [5, 5.41) is 4.17. The van der Waals surface area contributed by atoms with Crippen molar-refractivity contribution in [3.63, 3.8) is 0 Å². The van der Waals surface area contributed by atoms with Crippen LogP contribution in [-0.2, 0) is 22.7 Å². The van der Waals surface area contributed by atoms with Gasteiger partial charge in [-0.1, -0.05) is 31.2 Å². The third kappa shape index (κ3) is 7.11. The van der Waals surface area contributed by atoms with Gasteiger partial charge in [-0.2, -0.15) is 0 Å². The van der Waals surface area contributed by atoms with Gasteiger partial charge in [-0.25, -0.2) is 27.8 Å². The van der Waals surface area contributed by atoms with Crippen LogP contribution in [0.3, 0.4) is 0 Å². The fraction of sp³-hybridized carbons (Fsp3) is 0.344. The van der Waals surface area contributed by atoms with Crippen LogP contribution >= 0.6 is 11.3 Å². The zero-order valence-corrected chi connectivity index (χ0v) is 25.8. The molecule has 11 heteroatoms. The number of ether oxygens (including phenoxy) is 1. The molecule has 43 heavy (non-hydrogen) atoms. The monoisotopic (exact) mass is 619 g/mol. The van der Waals surface area contributed by atoms with E-state index in [0.717, 1.165) is 52.8 Å². The number of sulfone groups is 1. The molecule has 0 radical (unpaired) electrons. The van der Waals surface area contributed by atoms with Gasteiger partial charge in [0.25, 0.3) is 0 Å². The summed E-state index contributed by atoms with van der Waals surface area (Å²) in [6.07, 6.45) is 10.3. The molecule has 2 aromatic carbocycles. The number of benzene rings is 2. The molecule has 8 nitrogen and oxygen atoms in total. The Balaban J connectivity index is 1.13. The fourth-order valence-corrected chi connectivity index (χ4v) is 6.95. The molecule has 2 aromatic heterocycles. The van der Waals surface area contributed by atoms with Crippen LogP contribution in [0.4, 0.5) is 16.0 Å². The Kier molecular flexibility index (Phi) is 8.56. The molecule has 0 atom stereocenters. The molecule has 6 rings (SSSR count). The number of nitrogens with zero attached hydrogens (tertiary/aromatic N) is 4. The first-order valence-electron chi connectivity index (χ1n) is 14.5. The summed E-state index contributed by atoms with van der Waals surface area (Å²) in [4.78, 5) is 17.2. The first kappa shape index (κ1) is 29.4. The Morgan fingerprint density at radius 3 is 2.72 bits per heavy atom. The molecule has 1 aliphatic carbocycles. The van der Waals surface area contributed by atoms with Gasteiger partial charge in [0, 0.05) is 49.4 Å². The molecule has 1 N–H and O–H groups in total. The second-order valence-electron chi connectivity index (χ2n) is 11.0. The van der Waals surface area contributed by atoms with E-state index in [2.05, 4.69) is 52.5 Å². The number of allylic oxidation sites excluding steroid dienone is 1. The van der Waals surface area contributed by atoms with Crippen molar-refractivity contribution >= 4 is 38.9 Å². The number of aromatic nitrogens is 3. The molecule has 1 saturated heterocycles. The third-order valence-corrected chi connectivity index (χ3v) is 9.85. The quantitative estimate of drug-likeness (QED) is 0.225.